The lowest BCUT2D eigenvalue weighted by atomic mass is 10.0. The van der Waals surface area contributed by atoms with E-state index in [9.17, 15) is 4.79 Å². The molecule has 1 unspecified atom stereocenters. The zero-order valence-electron chi connectivity index (χ0n) is 10.3. The third-order valence-corrected chi connectivity index (χ3v) is 2.63. The number of carbonyl (C=O) groups excluding carboxylic acids is 1. The highest BCUT2D eigenvalue weighted by Gasteiger charge is 2.15. The molecule has 0 aliphatic rings. The zero-order valence-corrected chi connectivity index (χ0v) is 10.3. The Morgan fingerprint density at radius 1 is 1.53 bits per heavy atom. The molecular weight excluding hydrogens is 220 g/mol. The summed E-state index contributed by atoms with van der Waals surface area (Å²) in [5.74, 6) is 0.296. The van der Waals surface area contributed by atoms with Crippen molar-refractivity contribution in [1.82, 2.24) is 20.3 Å². The number of amides is 1. The van der Waals surface area contributed by atoms with Crippen LogP contribution in [0.1, 0.15) is 26.7 Å². The average Bonchev–Trinajstić information content (AvgIpc) is 2.78. The molecule has 6 nitrogen and oxygen atoms in total. The van der Waals surface area contributed by atoms with Crippen LogP contribution in [0.25, 0.3) is 0 Å². The van der Waals surface area contributed by atoms with E-state index in [0.717, 1.165) is 0 Å². The molecule has 0 aromatic carbocycles. The highest BCUT2D eigenvalue weighted by Crippen LogP contribution is 2.05. The van der Waals surface area contributed by atoms with Crippen molar-refractivity contribution >= 4 is 5.91 Å². The van der Waals surface area contributed by atoms with Crippen LogP contribution in [0.2, 0.25) is 0 Å². The summed E-state index contributed by atoms with van der Waals surface area (Å²) >= 11 is 0. The van der Waals surface area contributed by atoms with Gasteiger partial charge in [-0.05, 0) is 12.3 Å². The van der Waals surface area contributed by atoms with Crippen molar-refractivity contribution in [2.45, 2.75) is 39.3 Å². The van der Waals surface area contributed by atoms with Crippen molar-refractivity contribution in [2.75, 3.05) is 6.61 Å². The molecule has 1 rings (SSSR count). The van der Waals surface area contributed by atoms with E-state index >= 15 is 0 Å². The van der Waals surface area contributed by atoms with Crippen LogP contribution < -0.4 is 5.32 Å². The monoisotopic (exact) mass is 240 g/mol. The van der Waals surface area contributed by atoms with Crippen LogP contribution in [0.5, 0.6) is 0 Å². The summed E-state index contributed by atoms with van der Waals surface area (Å²) in [4.78, 5) is 11.7. The third kappa shape index (κ3) is 4.95. The Balaban J connectivity index is 2.32. The van der Waals surface area contributed by atoms with E-state index in [1.54, 1.807) is 17.1 Å². The van der Waals surface area contributed by atoms with Crippen LogP contribution >= 0.6 is 0 Å². The number of carbonyl (C=O) groups is 1. The van der Waals surface area contributed by atoms with E-state index in [1.165, 1.54) is 0 Å². The van der Waals surface area contributed by atoms with Gasteiger partial charge in [-0.3, -0.25) is 9.48 Å². The molecule has 2 N–H and O–H groups in total. The topological polar surface area (TPSA) is 80.0 Å². The van der Waals surface area contributed by atoms with Gasteiger partial charge >= 0.3 is 0 Å². The van der Waals surface area contributed by atoms with Crippen molar-refractivity contribution in [3.05, 3.63) is 12.4 Å². The van der Waals surface area contributed by atoms with Gasteiger partial charge in [0.1, 0.15) is 0 Å². The molecule has 1 amide bonds. The fourth-order valence-corrected chi connectivity index (χ4v) is 1.56. The second-order valence-corrected chi connectivity index (χ2v) is 4.35. The van der Waals surface area contributed by atoms with E-state index in [2.05, 4.69) is 15.6 Å². The van der Waals surface area contributed by atoms with Crippen molar-refractivity contribution in [3.8, 4) is 0 Å². The second-order valence-electron chi connectivity index (χ2n) is 4.35. The van der Waals surface area contributed by atoms with Gasteiger partial charge in [0.05, 0.1) is 12.7 Å². The van der Waals surface area contributed by atoms with Crippen LogP contribution in [0.3, 0.4) is 0 Å². The molecule has 0 bridgehead atoms. The molecule has 0 radical (unpaired) electrons. The minimum absolute atomic E-state index is 0.0207. The predicted octanol–water partition coefficient (Wildman–Crippen LogP) is 0.191. The largest absolute Gasteiger partial charge is 0.396 e. The number of aliphatic hydroxyl groups is 1. The fraction of sp³-hybridized carbons (Fsp3) is 0.727. The molecule has 0 spiro atoms. The Bertz CT molecular complexity index is 324. The maximum absolute atomic E-state index is 11.7. The van der Waals surface area contributed by atoms with Gasteiger partial charge in [-0.1, -0.05) is 19.1 Å². The summed E-state index contributed by atoms with van der Waals surface area (Å²) in [6, 6.07) is 0.0308. The van der Waals surface area contributed by atoms with Crippen LogP contribution in [0.4, 0.5) is 0 Å². The second kappa shape index (κ2) is 7.01. The average molecular weight is 240 g/mol. The number of rotatable bonds is 7. The van der Waals surface area contributed by atoms with Gasteiger partial charge in [0.25, 0.3) is 0 Å². The maximum Gasteiger partial charge on any atom is 0.222 e. The van der Waals surface area contributed by atoms with Crippen molar-refractivity contribution in [2.24, 2.45) is 5.92 Å². The first kappa shape index (κ1) is 13.6. The van der Waals surface area contributed by atoms with Gasteiger partial charge in [0, 0.05) is 25.3 Å². The van der Waals surface area contributed by atoms with Crippen molar-refractivity contribution in [1.29, 1.82) is 0 Å². The van der Waals surface area contributed by atoms with Crippen molar-refractivity contribution in [3.63, 3.8) is 0 Å². The molecule has 17 heavy (non-hydrogen) atoms. The van der Waals surface area contributed by atoms with Gasteiger partial charge in [0.2, 0.25) is 5.91 Å². The summed E-state index contributed by atoms with van der Waals surface area (Å²) in [6.45, 7) is 4.66. The number of nitrogens with one attached hydrogen (secondary N) is 1. The van der Waals surface area contributed by atoms with Gasteiger partial charge in [-0.15, -0.1) is 5.10 Å². The number of hydrogen-bond acceptors (Lipinski definition) is 4. The third-order valence-electron chi connectivity index (χ3n) is 2.63. The Kier molecular flexibility index (Phi) is 5.62. The van der Waals surface area contributed by atoms with Gasteiger partial charge in [-0.2, -0.15) is 0 Å². The standard InChI is InChI=1S/C11H20N4O2/c1-9(2)10(4-8-16)13-11(17)3-6-15-7-5-12-14-15/h5,7,9-10,16H,3-4,6,8H2,1-2H3,(H,13,17). The Morgan fingerprint density at radius 2 is 2.29 bits per heavy atom. The van der Waals surface area contributed by atoms with Crippen LogP contribution in [-0.4, -0.2) is 38.7 Å². The Hall–Kier alpha value is -1.43. The van der Waals surface area contributed by atoms with E-state index in [-0.39, 0.29) is 18.6 Å². The highest BCUT2D eigenvalue weighted by molar-refractivity contribution is 5.76. The summed E-state index contributed by atoms with van der Waals surface area (Å²) in [5.41, 5.74) is 0. The maximum atomic E-state index is 11.7. The Labute approximate surface area is 101 Å². The molecule has 1 heterocycles. The number of aromatic nitrogens is 3. The van der Waals surface area contributed by atoms with Gasteiger partial charge in [0.15, 0.2) is 0 Å². The van der Waals surface area contributed by atoms with Gasteiger partial charge in [-0.25, -0.2) is 0 Å². The smallest absolute Gasteiger partial charge is 0.222 e. The molecule has 1 atom stereocenters. The van der Waals surface area contributed by atoms with E-state index in [4.69, 9.17) is 5.11 Å². The number of aryl methyl sites for hydroxylation is 1. The van der Waals surface area contributed by atoms with E-state index in [1.807, 2.05) is 13.8 Å². The zero-order chi connectivity index (χ0) is 12.7. The van der Waals surface area contributed by atoms with Gasteiger partial charge < -0.3 is 10.4 Å². The van der Waals surface area contributed by atoms with Crippen LogP contribution in [0.15, 0.2) is 12.4 Å². The number of nitrogens with zero attached hydrogens (tertiary/aromatic N) is 3. The normalized spacial score (nSPS) is 12.7. The molecule has 1 aromatic rings. The van der Waals surface area contributed by atoms with E-state index < -0.39 is 0 Å². The first-order chi connectivity index (χ1) is 8.13. The lowest BCUT2D eigenvalue weighted by Gasteiger charge is -2.21. The molecule has 0 saturated heterocycles. The molecule has 0 saturated carbocycles. The lowest BCUT2D eigenvalue weighted by Crippen LogP contribution is -2.39. The molecule has 6 heteroatoms. The quantitative estimate of drug-likeness (QED) is 0.713. The number of hydrogen-bond donors (Lipinski definition) is 2. The molecule has 96 valence electrons. The van der Waals surface area contributed by atoms with Crippen molar-refractivity contribution < 1.29 is 9.90 Å². The van der Waals surface area contributed by atoms with E-state index in [0.29, 0.717) is 25.3 Å². The summed E-state index contributed by atoms with van der Waals surface area (Å²) in [5, 5.41) is 19.3. The Morgan fingerprint density at radius 3 is 2.82 bits per heavy atom. The summed E-state index contributed by atoms with van der Waals surface area (Å²) < 4.78 is 1.62. The minimum Gasteiger partial charge on any atom is -0.396 e. The molecule has 0 aliphatic heterocycles. The van der Waals surface area contributed by atoms with Crippen LogP contribution in [0, 0.1) is 5.92 Å². The number of aliphatic hydroxyl groups excluding tert-OH is 1. The SMILES string of the molecule is CC(C)C(CCO)NC(=O)CCn1ccnn1. The first-order valence-electron chi connectivity index (χ1n) is 5.87. The lowest BCUT2D eigenvalue weighted by molar-refractivity contribution is -0.122. The molecule has 1 aromatic heterocycles. The highest BCUT2D eigenvalue weighted by atomic mass is 16.3. The first-order valence-corrected chi connectivity index (χ1v) is 5.87. The molecule has 0 fully saturated rings. The molecule has 0 aliphatic carbocycles. The minimum atomic E-state index is -0.0207. The molecular formula is C11H20N4O2. The predicted molar refractivity (Wildman–Crippen MR) is 63.1 cm³/mol. The van der Waals surface area contributed by atoms with Crippen LogP contribution in [-0.2, 0) is 11.3 Å². The fourth-order valence-electron chi connectivity index (χ4n) is 1.56. The summed E-state index contributed by atoms with van der Waals surface area (Å²) in [7, 11) is 0. The summed E-state index contributed by atoms with van der Waals surface area (Å²) in [6.07, 6.45) is 4.27.